The molecule has 1 rings (SSSR count). The van der Waals surface area contributed by atoms with Crippen molar-refractivity contribution in [3.63, 3.8) is 0 Å². The normalized spacial score (nSPS) is 16.7. The maximum absolute atomic E-state index is 11.0. The fourth-order valence-electron chi connectivity index (χ4n) is 1.28. The molecule has 0 aromatic rings. The summed E-state index contributed by atoms with van der Waals surface area (Å²) in [6.07, 6.45) is 4.21. The fourth-order valence-corrected chi connectivity index (χ4v) is 1.93. The monoisotopic (exact) mass is 230 g/mol. The topological polar surface area (TPSA) is 89.3 Å². The van der Waals surface area contributed by atoms with Gasteiger partial charge in [-0.05, 0) is 18.9 Å². The second-order valence-electron chi connectivity index (χ2n) is 3.41. The molecule has 1 aliphatic rings. The molecule has 1 aliphatic carbocycles. The maximum atomic E-state index is 11.0. The third-order valence-corrected chi connectivity index (χ3v) is 3.20. The number of primary sulfonamides is 1. The lowest BCUT2D eigenvalue weighted by Gasteiger charge is -2.13. The van der Waals surface area contributed by atoms with Crippen LogP contribution in [0.4, 0.5) is 0 Å². The zero-order chi connectivity index (χ0) is 11.5. The van der Waals surface area contributed by atoms with Gasteiger partial charge >= 0.3 is 0 Å². The lowest BCUT2D eigenvalue weighted by atomic mass is 10.1. The van der Waals surface area contributed by atoms with Crippen LogP contribution in [0.3, 0.4) is 0 Å². The van der Waals surface area contributed by atoms with Gasteiger partial charge in [-0.15, -0.1) is 0 Å². The van der Waals surface area contributed by atoms with Crippen LogP contribution in [0.1, 0.15) is 19.8 Å². The zero-order valence-corrected chi connectivity index (χ0v) is 9.30. The van der Waals surface area contributed by atoms with Crippen molar-refractivity contribution in [2.75, 3.05) is 6.54 Å². The van der Waals surface area contributed by atoms with Crippen LogP contribution in [0.25, 0.3) is 0 Å². The van der Waals surface area contributed by atoms with E-state index in [1.54, 1.807) is 6.08 Å². The number of carbonyl (C=O) groups is 1. The highest BCUT2D eigenvalue weighted by Crippen LogP contribution is 2.20. The Kier molecular flexibility index (Phi) is 3.65. The number of sulfonamides is 1. The summed E-state index contributed by atoms with van der Waals surface area (Å²) in [5, 5.41) is 7.63. The van der Waals surface area contributed by atoms with E-state index in [1.165, 1.54) is 13.0 Å². The van der Waals surface area contributed by atoms with Gasteiger partial charge in [-0.3, -0.25) is 4.79 Å². The van der Waals surface area contributed by atoms with Crippen LogP contribution in [0.2, 0.25) is 0 Å². The number of rotatable bonds is 3. The van der Waals surface area contributed by atoms with Crippen molar-refractivity contribution in [2.24, 2.45) is 5.14 Å². The van der Waals surface area contributed by atoms with Gasteiger partial charge in [0.15, 0.2) is 0 Å². The van der Waals surface area contributed by atoms with Crippen LogP contribution < -0.4 is 10.5 Å². The zero-order valence-electron chi connectivity index (χ0n) is 8.49. The van der Waals surface area contributed by atoms with Crippen LogP contribution in [0, 0.1) is 0 Å². The summed E-state index contributed by atoms with van der Waals surface area (Å²) in [6, 6.07) is 0. The molecule has 0 atom stereocenters. The van der Waals surface area contributed by atoms with E-state index in [0.29, 0.717) is 19.4 Å². The summed E-state index contributed by atoms with van der Waals surface area (Å²) in [5.74, 6) is -0.0999. The number of nitrogens with two attached hydrogens (primary N) is 1. The summed E-state index contributed by atoms with van der Waals surface area (Å²) in [7, 11) is -3.55. The van der Waals surface area contributed by atoms with E-state index in [1.807, 2.05) is 0 Å². The molecule has 5 nitrogen and oxygen atoms in total. The minimum atomic E-state index is -3.55. The van der Waals surface area contributed by atoms with Gasteiger partial charge in [0.25, 0.3) is 0 Å². The molecule has 0 heterocycles. The van der Waals surface area contributed by atoms with Crippen molar-refractivity contribution in [3.05, 3.63) is 22.6 Å². The van der Waals surface area contributed by atoms with Gasteiger partial charge in [0, 0.05) is 13.5 Å². The second-order valence-corrected chi connectivity index (χ2v) is 5.03. The van der Waals surface area contributed by atoms with Gasteiger partial charge in [0.2, 0.25) is 15.9 Å². The third kappa shape index (κ3) is 3.85. The molecule has 0 aliphatic heterocycles. The Morgan fingerprint density at radius 1 is 1.47 bits per heavy atom. The molecule has 0 radical (unpaired) electrons. The summed E-state index contributed by atoms with van der Waals surface area (Å²) in [4.78, 5) is 10.9. The first-order valence-corrected chi connectivity index (χ1v) is 6.10. The Morgan fingerprint density at radius 3 is 2.53 bits per heavy atom. The smallest absolute Gasteiger partial charge is 0.234 e. The van der Waals surface area contributed by atoms with E-state index in [0.717, 1.165) is 5.57 Å². The molecule has 0 fully saturated rings. The number of allylic oxidation sites excluding steroid dienone is 3. The van der Waals surface area contributed by atoms with E-state index in [9.17, 15) is 13.2 Å². The van der Waals surface area contributed by atoms with E-state index in [-0.39, 0.29) is 10.8 Å². The van der Waals surface area contributed by atoms with Crippen molar-refractivity contribution in [1.29, 1.82) is 0 Å². The van der Waals surface area contributed by atoms with Gasteiger partial charge in [0.05, 0.1) is 4.91 Å². The van der Waals surface area contributed by atoms with Crippen molar-refractivity contribution >= 4 is 15.9 Å². The molecule has 0 aromatic carbocycles. The first-order chi connectivity index (χ1) is 6.89. The molecule has 1 amide bonds. The first kappa shape index (κ1) is 11.9. The molecule has 6 heteroatoms. The average molecular weight is 230 g/mol. The summed E-state index contributed by atoms with van der Waals surface area (Å²) in [5.41, 5.74) is 0.998. The number of nitrogens with one attached hydrogen (secondary N) is 1. The number of hydrogen-bond donors (Lipinski definition) is 2. The highest BCUT2D eigenvalue weighted by Gasteiger charge is 2.15. The molecule has 0 unspecified atom stereocenters. The van der Waals surface area contributed by atoms with Gasteiger partial charge in [-0.1, -0.05) is 11.6 Å². The molecular weight excluding hydrogens is 216 g/mol. The predicted octanol–water partition coefficient (Wildman–Crippen LogP) is 0.0151. The van der Waals surface area contributed by atoms with Crippen molar-refractivity contribution in [1.82, 2.24) is 5.32 Å². The predicted molar refractivity (Wildman–Crippen MR) is 57.2 cm³/mol. The van der Waals surface area contributed by atoms with Gasteiger partial charge in [-0.25, -0.2) is 13.6 Å². The molecule has 0 saturated heterocycles. The molecule has 0 bridgehead atoms. The van der Waals surface area contributed by atoms with Crippen LogP contribution >= 0.6 is 0 Å². The van der Waals surface area contributed by atoms with Gasteiger partial charge in [0.1, 0.15) is 0 Å². The van der Waals surface area contributed by atoms with Crippen LogP contribution in [0.15, 0.2) is 22.6 Å². The molecule has 15 heavy (non-hydrogen) atoms. The maximum Gasteiger partial charge on any atom is 0.234 e. The van der Waals surface area contributed by atoms with E-state index >= 15 is 0 Å². The second kappa shape index (κ2) is 4.59. The van der Waals surface area contributed by atoms with Crippen molar-refractivity contribution in [2.45, 2.75) is 19.8 Å². The Hall–Kier alpha value is -1.14. The number of hydrogen-bond acceptors (Lipinski definition) is 3. The van der Waals surface area contributed by atoms with Crippen molar-refractivity contribution in [3.8, 4) is 0 Å². The van der Waals surface area contributed by atoms with Crippen molar-refractivity contribution < 1.29 is 13.2 Å². The van der Waals surface area contributed by atoms with E-state index < -0.39 is 10.0 Å². The quantitative estimate of drug-likeness (QED) is 0.716. The Morgan fingerprint density at radius 2 is 2.13 bits per heavy atom. The number of carbonyl (C=O) groups excluding carboxylic acids is 1. The Labute approximate surface area is 89.1 Å². The molecule has 0 spiro atoms. The van der Waals surface area contributed by atoms with Crippen LogP contribution in [0.5, 0.6) is 0 Å². The fraction of sp³-hybridized carbons (Fsp3) is 0.444. The highest BCUT2D eigenvalue weighted by atomic mass is 32.2. The third-order valence-electron chi connectivity index (χ3n) is 2.13. The standard InChI is InChI=1S/C9H14N2O3S/c1-7(12)11-6-8-2-4-9(5-3-8)15(10,13)14/h2,4H,3,5-6H2,1H3,(H,11,12)(H2,10,13,14). The Balaban J connectivity index is 2.65. The number of amides is 1. The largest absolute Gasteiger partial charge is 0.353 e. The average Bonchev–Trinajstić information content (AvgIpc) is 2.14. The molecule has 3 N–H and O–H groups in total. The molecule has 0 aromatic heterocycles. The highest BCUT2D eigenvalue weighted by molar-refractivity contribution is 7.93. The summed E-state index contributed by atoms with van der Waals surface area (Å²) in [6.45, 7) is 1.90. The summed E-state index contributed by atoms with van der Waals surface area (Å²) < 4.78 is 21.9. The summed E-state index contributed by atoms with van der Waals surface area (Å²) >= 11 is 0. The van der Waals surface area contributed by atoms with Gasteiger partial charge < -0.3 is 5.32 Å². The minimum Gasteiger partial charge on any atom is -0.353 e. The van der Waals surface area contributed by atoms with E-state index in [2.05, 4.69) is 5.32 Å². The Bertz CT molecular complexity index is 421. The van der Waals surface area contributed by atoms with Crippen LogP contribution in [-0.4, -0.2) is 20.9 Å². The molecule has 0 saturated carbocycles. The minimum absolute atomic E-state index is 0.0999. The molecule has 84 valence electrons. The van der Waals surface area contributed by atoms with Crippen LogP contribution in [-0.2, 0) is 14.8 Å². The SMILES string of the molecule is CC(=O)NCC1=CC=C(S(N)(=O)=O)CC1. The van der Waals surface area contributed by atoms with Gasteiger partial charge in [-0.2, -0.15) is 0 Å². The lowest BCUT2D eigenvalue weighted by molar-refractivity contribution is -0.118. The molecular formula is C9H14N2O3S. The first-order valence-electron chi connectivity index (χ1n) is 4.55. The lowest BCUT2D eigenvalue weighted by Crippen LogP contribution is -2.23. The van der Waals surface area contributed by atoms with E-state index in [4.69, 9.17) is 5.14 Å².